The summed E-state index contributed by atoms with van der Waals surface area (Å²) < 4.78 is 44.3. The van der Waals surface area contributed by atoms with Crippen molar-refractivity contribution in [3.63, 3.8) is 0 Å². The van der Waals surface area contributed by atoms with E-state index in [1.165, 1.54) is 6.07 Å². The zero-order valence-electron chi connectivity index (χ0n) is 14.8. The molecule has 0 bridgehead atoms. The van der Waals surface area contributed by atoms with Crippen molar-refractivity contribution >= 4 is 28.6 Å². The highest BCUT2D eigenvalue weighted by Gasteiger charge is 2.35. The molecule has 3 N–H and O–H groups in total. The Hall–Kier alpha value is -3.27. The van der Waals surface area contributed by atoms with Crippen LogP contribution in [0.25, 0.3) is 11.0 Å². The second-order valence-electron chi connectivity index (χ2n) is 6.02. The minimum absolute atomic E-state index is 0.124. The maximum absolute atomic E-state index is 12.8. The van der Waals surface area contributed by atoms with Gasteiger partial charge in [0.25, 0.3) is 0 Å². The average Bonchev–Trinajstić information content (AvgIpc) is 3.08. The number of ether oxygens (including phenoxy) is 1. The molecule has 0 aliphatic carbocycles. The van der Waals surface area contributed by atoms with Crippen LogP contribution in [-0.4, -0.2) is 19.9 Å². The second-order valence-corrected chi connectivity index (χ2v) is 7.01. The quantitative estimate of drug-likeness (QED) is 0.349. The van der Waals surface area contributed by atoms with Crippen molar-refractivity contribution in [1.29, 1.82) is 0 Å². The largest absolute Gasteiger partial charge is 0.457 e. The lowest BCUT2D eigenvalue weighted by Crippen LogP contribution is -2.12. The van der Waals surface area contributed by atoms with Crippen LogP contribution >= 0.6 is 11.8 Å². The van der Waals surface area contributed by atoms with Crippen LogP contribution in [0.5, 0.6) is 11.5 Å². The summed E-state index contributed by atoms with van der Waals surface area (Å²) in [4.78, 5) is 14.4. The lowest BCUT2D eigenvalue weighted by atomic mass is 10.3. The molecule has 148 valence electrons. The molecule has 0 atom stereocenters. The van der Waals surface area contributed by atoms with Crippen molar-refractivity contribution < 1.29 is 17.9 Å². The summed E-state index contributed by atoms with van der Waals surface area (Å²) in [5.41, 5.74) is 6.94. The van der Waals surface area contributed by atoms with E-state index < -0.39 is 12.0 Å². The molecule has 4 rings (SSSR count). The third-order valence-corrected chi connectivity index (χ3v) is 4.74. The number of nitrogens with zero attached hydrogens (tertiary/aromatic N) is 3. The summed E-state index contributed by atoms with van der Waals surface area (Å²) >= 11 is 1.08. The van der Waals surface area contributed by atoms with E-state index in [9.17, 15) is 13.2 Å². The van der Waals surface area contributed by atoms with Gasteiger partial charge >= 0.3 is 6.18 Å². The molecule has 0 unspecified atom stereocenters. The number of nitrogens with two attached hydrogens (primary N) is 1. The van der Waals surface area contributed by atoms with Crippen LogP contribution in [0.15, 0.2) is 59.6 Å². The molecule has 10 heteroatoms. The molecule has 0 radical (unpaired) electrons. The Morgan fingerprint density at radius 2 is 1.76 bits per heavy atom. The first kappa shape index (κ1) is 19.1. The third-order valence-electron chi connectivity index (χ3n) is 3.82. The van der Waals surface area contributed by atoms with E-state index in [0.717, 1.165) is 17.3 Å². The summed E-state index contributed by atoms with van der Waals surface area (Å²) in [5, 5.41) is 0.124. The summed E-state index contributed by atoms with van der Waals surface area (Å²) in [5.74, 6) is 0.729. The van der Waals surface area contributed by atoms with Crippen LogP contribution in [0.1, 0.15) is 11.6 Å². The molecule has 0 saturated carbocycles. The second kappa shape index (κ2) is 7.63. The number of rotatable bonds is 5. The van der Waals surface area contributed by atoms with Crippen LogP contribution < -0.4 is 10.5 Å². The summed E-state index contributed by atoms with van der Waals surface area (Å²) in [7, 11) is 0. The van der Waals surface area contributed by atoms with Crippen molar-refractivity contribution in [2.45, 2.75) is 17.0 Å². The van der Waals surface area contributed by atoms with Gasteiger partial charge in [-0.15, -0.1) is 0 Å². The number of anilines is 1. The van der Waals surface area contributed by atoms with Gasteiger partial charge in [0, 0.05) is 12.1 Å². The normalized spacial score (nSPS) is 11.7. The lowest BCUT2D eigenvalue weighted by molar-refractivity contribution is -0.145. The van der Waals surface area contributed by atoms with Gasteiger partial charge in [-0.1, -0.05) is 30.0 Å². The number of halogens is 3. The number of hydrogen-bond acceptors (Lipinski definition) is 6. The van der Waals surface area contributed by atoms with Gasteiger partial charge in [0.2, 0.25) is 5.82 Å². The van der Waals surface area contributed by atoms with Crippen molar-refractivity contribution in [2.24, 2.45) is 0 Å². The number of para-hydroxylation sites is 1. The number of hydrogen-bond donors (Lipinski definition) is 2. The lowest BCUT2D eigenvalue weighted by Gasteiger charge is -2.07. The van der Waals surface area contributed by atoms with E-state index in [1.807, 2.05) is 42.5 Å². The van der Waals surface area contributed by atoms with Gasteiger partial charge in [-0.2, -0.15) is 13.2 Å². The first-order valence-corrected chi connectivity index (χ1v) is 9.41. The van der Waals surface area contributed by atoms with Gasteiger partial charge in [-0.3, -0.25) is 0 Å². The highest BCUT2D eigenvalue weighted by atomic mass is 32.2. The van der Waals surface area contributed by atoms with Crippen LogP contribution in [0.4, 0.5) is 19.0 Å². The molecule has 0 aliphatic rings. The zero-order valence-corrected chi connectivity index (χ0v) is 15.6. The Labute approximate surface area is 167 Å². The van der Waals surface area contributed by atoms with E-state index in [-0.39, 0.29) is 16.6 Å². The molecule has 0 fully saturated rings. The highest BCUT2D eigenvalue weighted by Crippen LogP contribution is 2.30. The zero-order chi connectivity index (χ0) is 20.4. The predicted molar refractivity (Wildman–Crippen MR) is 104 cm³/mol. The van der Waals surface area contributed by atoms with E-state index in [0.29, 0.717) is 22.8 Å². The summed E-state index contributed by atoms with van der Waals surface area (Å²) in [6, 6.07) is 16.1. The van der Waals surface area contributed by atoms with Crippen LogP contribution in [0, 0.1) is 0 Å². The van der Waals surface area contributed by atoms with Crippen LogP contribution in [-0.2, 0) is 11.9 Å². The Balaban J connectivity index is 1.50. The Kier molecular flexibility index (Phi) is 5.01. The van der Waals surface area contributed by atoms with Crippen molar-refractivity contribution in [3.05, 3.63) is 66.2 Å². The minimum atomic E-state index is -4.65. The number of nitrogens with one attached hydrogen (secondary N) is 1. The molecule has 2 aromatic carbocycles. The summed E-state index contributed by atoms with van der Waals surface area (Å²) in [6.45, 7) is 0. The van der Waals surface area contributed by atoms with Crippen molar-refractivity contribution in [3.8, 4) is 11.5 Å². The predicted octanol–water partition coefficient (Wildman–Crippen LogP) is 5.04. The fourth-order valence-corrected chi connectivity index (χ4v) is 3.36. The van der Waals surface area contributed by atoms with Gasteiger partial charge in [0.05, 0.1) is 16.8 Å². The fourth-order valence-electron chi connectivity index (χ4n) is 2.58. The van der Waals surface area contributed by atoms with E-state index in [2.05, 4.69) is 19.9 Å². The van der Waals surface area contributed by atoms with Crippen molar-refractivity contribution in [2.75, 3.05) is 5.73 Å². The number of fused-ring (bicyclic) bond motifs is 1. The van der Waals surface area contributed by atoms with Crippen molar-refractivity contribution in [1.82, 2.24) is 19.9 Å². The number of aromatic amines is 1. The topological polar surface area (TPSA) is 89.7 Å². The van der Waals surface area contributed by atoms with Gasteiger partial charge in [0.15, 0.2) is 0 Å². The number of nitrogen functional groups attached to an aromatic ring is 1. The maximum atomic E-state index is 12.8. The first-order chi connectivity index (χ1) is 13.9. The molecule has 0 amide bonds. The molecule has 4 aromatic rings. The maximum Gasteiger partial charge on any atom is 0.451 e. The molecule has 29 heavy (non-hydrogen) atoms. The molecule has 6 nitrogen and oxygen atoms in total. The number of imidazole rings is 1. The Bertz CT molecular complexity index is 1150. The first-order valence-electron chi connectivity index (χ1n) is 8.43. The summed E-state index contributed by atoms with van der Waals surface area (Å²) in [6.07, 6.45) is -4.65. The van der Waals surface area contributed by atoms with Crippen LogP contribution in [0.2, 0.25) is 0 Å². The fraction of sp³-hybridized carbons (Fsp3) is 0.105. The minimum Gasteiger partial charge on any atom is -0.457 e. The van der Waals surface area contributed by atoms with E-state index >= 15 is 0 Å². The smallest absolute Gasteiger partial charge is 0.451 e. The monoisotopic (exact) mass is 417 g/mol. The van der Waals surface area contributed by atoms with E-state index in [1.54, 1.807) is 6.07 Å². The number of benzene rings is 2. The van der Waals surface area contributed by atoms with Gasteiger partial charge < -0.3 is 15.5 Å². The highest BCUT2D eigenvalue weighted by molar-refractivity contribution is 7.98. The Morgan fingerprint density at radius 1 is 0.966 bits per heavy atom. The number of H-pyrrole nitrogens is 1. The molecule has 2 heterocycles. The molecule has 0 aliphatic heterocycles. The molecule has 2 aromatic heterocycles. The Morgan fingerprint density at radius 3 is 2.52 bits per heavy atom. The molecule has 0 saturated heterocycles. The molecular formula is C19H14F3N5OS. The SMILES string of the molecule is Nc1cc(SCc2nc3cc(Oc4ccccc4)ccc3[nH]2)nc(C(F)(F)F)n1. The average molecular weight is 417 g/mol. The van der Waals surface area contributed by atoms with E-state index in [4.69, 9.17) is 10.5 Å². The third kappa shape index (κ3) is 4.60. The number of aromatic nitrogens is 4. The van der Waals surface area contributed by atoms with Gasteiger partial charge in [-0.05, 0) is 24.3 Å². The standard InChI is InChI=1S/C19H14F3N5OS/c20-19(21,22)18-26-15(23)9-17(27-18)29-10-16-24-13-7-6-12(8-14(13)25-16)28-11-4-2-1-3-5-11/h1-9H,10H2,(H,24,25)(H2,23,26,27). The molecular weight excluding hydrogens is 403 g/mol. The number of alkyl halides is 3. The number of thioether (sulfide) groups is 1. The molecule has 0 spiro atoms. The van der Waals surface area contributed by atoms with Gasteiger partial charge in [-0.25, -0.2) is 15.0 Å². The van der Waals surface area contributed by atoms with Crippen LogP contribution in [0.3, 0.4) is 0 Å². The van der Waals surface area contributed by atoms with Gasteiger partial charge in [0.1, 0.15) is 28.2 Å².